The molecule has 0 bridgehead atoms. The maximum Gasteiger partial charge on any atom is 0.308 e. The van der Waals surface area contributed by atoms with Crippen molar-refractivity contribution in [1.82, 2.24) is 21.3 Å². The predicted molar refractivity (Wildman–Crippen MR) is 359 cm³/mol. The molecule has 0 radical (unpaired) electrons. The Kier molecular flexibility index (Phi) is 41.7. The van der Waals surface area contributed by atoms with Crippen molar-refractivity contribution in [3.63, 3.8) is 0 Å². The molecule has 0 fully saturated rings. The van der Waals surface area contributed by atoms with Crippen LogP contribution in [0.5, 0.6) is 11.5 Å². The maximum absolute atomic E-state index is 13.8. The van der Waals surface area contributed by atoms with E-state index in [0.29, 0.717) is 50.2 Å². The number of hydrogen-bond acceptors (Lipinski definition) is 19. The molecular formula is C69H100N10O18. The number of phenolic OH excluding ortho intramolecular Hbond substituents is 1. The number of ether oxygens (including phenoxy) is 6. The number of esters is 1. The molecular weight excluding hydrogens is 1260 g/mol. The van der Waals surface area contributed by atoms with Crippen LogP contribution in [0.15, 0.2) is 89.1 Å². The number of amides is 4. The average molecular weight is 1360 g/mol. The lowest BCUT2D eigenvalue weighted by Crippen LogP contribution is -2.47. The third-order valence-corrected chi connectivity index (χ3v) is 14.2. The van der Waals surface area contributed by atoms with Gasteiger partial charge in [-0.15, -0.1) is 0 Å². The molecule has 97 heavy (non-hydrogen) atoms. The van der Waals surface area contributed by atoms with Gasteiger partial charge in [-0.3, -0.25) is 47.9 Å². The summed E-state index contributed by atoms with van der Waals surface area (Å²) in [6.07, 6.45) is 0.250. The largest absolute Gasteiger partial charge is 0.508 e. The number of nitrogens with zero attached hydrogens (tertiary/aromatic N) is 6. The number of ketones is 4. The number of aromatic hydroxyl groups is 1. The molecule has 0 aliphatic rings. The minimum Gasteiger partial charge on any atom is -0.508 e. The Balaban J connectivity index is 0.000000678. The van der Waals surface area contributed by atoms with Gasteiger partial charge in [0.05, 0.1) is 76.7 Å². The second kappa shape index (κ2) is 48.0. The van der Waals surface area contributed by atoms with Crippen molar-refractivity contribution in [3.8, 4) is 11.5 Å². The van der Waals surface area contributed by atoms with Crippen molar-refractivity contribution in [2.24, 2.45) is 33.9 Å². The summed E-state index contributed by atoms with van der Waals surface area (Å²) in [7, 11) is 0. The molecule has 28 heteroatoms. The Morgan fingerprint density at radius 3 is 1.31 bits per heavy atom. The Labute approximate surface area is 568 Å². The zero-order valence-electron chi connectivity index (χ0n) is 57.5. The van der Waals surface area contributed by atoms with E-state index in [1.807, 2.05) is 82.3 Å². The highest BCUT2D eigenvalue weighted by molar-refractivity contribution is 5.97. The smallest absolute Gasteiger partial charge is 0.308 e. The molecule has 28 nitrogen and oxygen atoms in total. The first-order valence-corrected chi connectivity index (χ1v) is 32.6. The van der Waals surface area contributed by atoms with Crippen LogP contribution in [0, 0.1) is 23.7 Å². The van der Waals surface area contributed by atoms with Gasteiger partial charge >= 0.3 is 11.9 Å². The van der Waals surface area contributed by atoms with Crippen molar-refractivity contribution in [1.29, 1.82) is 0 Å². The molecule has 0 heterocycles. The summed E-state index contributed by atoms with van der Waals surface area (Å²) in [5.74, 6) is -6.33. The van der Waals surface area contributed by atoms with Crippen LogP contribution in [0.3, 0.4) is 0 Å². The monoisotopic (exact) mass is 1360 g/mol. The van der Waals surface area contributed by atoms with Gasteiger partial charge in [0.25, 0.3) is 0 Å². The van der Waals surface area contributed by atoms with E-state index < -0.39 is 83.5 Å². The Hall–Kier alpha value is -8.78. The van der Waals surface area contributed by atoms with E-state index in [9.17, 15) is 58.2 Å². The lowest BCUT2D eigenvalue weighted by Gasteiger charge is -2.26. The first-order valence-electron chi connectivity index (χ1n) is 32.6. The number of carbonyl (C=O) groups excluding carboxylic acids is 9. The molecule has 534 valence electrons. The van der Waals surface area contributed by atoms with Gasteiger partial charge in [-0.05, 0) is 123 Å². The van der Waals surface area contributed by atoms with Crippen LogP contribution in [0.25, 0.3) is 20.9 Å². The van der Waals surface area contributed by atoms with Crippen molar-refractivity contribution < 1.29 is 86.6 Å². The third-order valence-electron chi connectivity index (χ3n) is 14.2. The van der Waals surface area contributed by atoms with Crippen molar-refractivity contribution >= 4 is 58.7 Å². The summed E-state index contributed by atoms with van der Waals surface area (Å²) >= 11 is 0. The molecule has 0 saturated carbocycles. The summed E-state index contributed by atoms with van der Waals surface area (Å²) in [6, 6.07) is 19.0. The van der Waals surface area contributed by atoms with Crippen LogP contribution < -0.4 is 26.0 Å². The lowest BCUT2D eigenvalue weighted by atomic mass is 9.88. The van der Waals surface area contributed by atoms with Crippen molar-refractivity contribution in [2.45, 2.75) is 176 Å². The number of phenols is 1. The Morgan fingerprint density at radius 2 is 0.918 bits per heavy atom. The van der Waals surface area contributed by atoms with E-state index >= 15 is 0 Å². The third kappa shape index (κ3) is 40.4. The number of Topliss-reactive ketones (excluding diaryl/α,β-unsaturated/α-hetero) is 4. The van der Waals surface area contributed by atoms with Crippen LogP contribution in [-0.2, 0) is 91.1 Å². The Morgan fingerprint density at radius 1 is 0.505 bits per heavy atom. The molecule has 0 aromatic heterocycles. The van der Waals surface area contributed by atoms with E-state index in [1.165, 1.54) is 26.0 Å². The van der Waals surface area contributed by atoms with Gasteiger partial charge in [-0.2, -0.15) is 0 Å². The summed E-state index contributed by atoms with van der Waals surface area (Å²) in [6.45, 7) is 18.3. The van der Waals surface area contributed by atoms with Crippen LogP contribution in [-0.4, -0.2) is 165 Å². The van der Waals surface area contributed by atoms with Gasteiger partial charge in [-0.1, -0.05) is 92.5 Å². The molecule has 0 saturated heterocycles. The first-order chi connectivity index (χ1) is 46.1. The summed E-state index contributed by atoms with van der Waals surface area (Å²) in [4.78, 5) is 134. The normalized spacial score (nSPS) is 12.9. The zero-order valence-corrected chi connectivity index (χ0v) is 57.5. The van der Waals surface area contributed by atoms with Crippen molar-refractivity contribution in [3.05, 3.63) is 116 Å². The number of azide groups is 2. The second-order valence-corrected chi connectivity index (χ2v) is 25.0. The molecule has 3 aromatic rings. The molecule has 6 N–H and O–H groups in total. The van der Waals surface area contributed by atoms with E-state index in [4.69, 9.17) is 39.5 Å². The fraction of sp³-hybridized carbons (Fsp3) is 0.594. The van der Waals surface area contributed by atoms with E-state index in [-0.39, 0.29) is 145 Å². The lowest BCUT2D eigenvalue weighted by molar-refractivity contribution is -0.156. The summed E-state index contributed by atoms with van der Waals surface area (Å²) < 4.78 is 32.7. The highest BCUT2D eigenvalue weighted by atomic mass is 16.6. The molecule has 6 atom stereocenters. The van der Waals surface area contributed by atoms with Crippen molar-refractivity contribution in [2.75, 3.05) is 65.9 Å². The summed E-state index contributed by atoms with van der Waals surface area (Å²) in [5, 5.41) is 36.3. The highest BCUT2D eigenvalue weighted by Gasteiger charge is 2.34. The SMILES string of the molecule is CC(=O)N[C@@H](Cc1ccc(O)cc1)C(=O)C[C@@H](CC(C)C)C(=O)N[C@@H](CC(=O)O)C(=O)CCCOCCOCCN=[N+]=[N-].CC(=O)N[C@@H](Cc1ccc(OCc2ccccc2)cc1)C(=O)C[C@@H](CC(C)C)C(=O)N[C@@H](CC(=O)OC(C)(C)C)C(=O)CCCOCCOCCN=[N+]=[N-]. The molecule has 0 aliphatic carbocycles. The molecule has 0 unspecified atom stereocenters. The van der Waals surface area contributed by atoms with Gasteiger partial charge in [0.2, 0.25) is 23.6 Å². The van der Waals surface area contributed by atoms with E-state index in [2.05, 4.69) is 41.3 Å². The molecule has 4 amide bonds. The minimum absolute atomic E-state index is 0.00805. The zero-order chi connectivity index (χ0) is 72.1. The first kappa shape index (κ1) is 84.3. The highest BCUT2D eigenvalue weighted by Crippen LogP contribution is 2.23. The predicted octanol–water partition coefficient (Wildman–Crippen LogP) is 8.56. The minimum atomic E-state index is -1.28. The fourth-order valence-electron chi connectivity index (χ4n) is 9.81. The van der Waals surface area contributed by atoms with Crippen LogP contribution in [0.4, 0.5) is 0 Å². The molecule has 0 aliphatic heterocycles. The molecule has 0 spiro atoms. The van der Waals surface area contributed by atoms with Gasteiger partial charge in [0.15, 0.2) is 23.1 Å². The van der Waals surface area contributed by atoms with Gasteiger partial charge in [-0.25, -0.2) is 0 Å². The summed E-state index contributed by atoms with van der Waals surface area (Å²) in [5.41, 5.74) is 18.2. The number of carboxylic acid groups (broad SMARTS) is 1. The number of rotatable bonds is 49. The quantitative estimate of drug-likeness (QED) is 0.0101. The number of nitrogens with one attached hydrogen (secondary N) is 4. The van der Waals surface area contributed by atoms with Crippen LogP contribution in [0.2, 0.25) is 0 Å². The maximum atomic E-state index is 13.8. The van der Waals surface area contributed by atoms with Gasteiger partial charge in [0, 0.05) is 87.5 Å². The van der Waals surface area contributed by atoms with Gasteiger partial charge < -0.3 is 59.9 Å². The molecule has 3 aromatic carbocycles. The number of carboxylic acids is 1. The van der Waals surface area contributed by atoms with E-state index in [0.717, 1.165) is 11.1 Å². The fourth-order valence-corrected chi connectivity index (χ4v) is 9.81. The van der Waals surface area contributed by atoms with Crippen LogP contribution in [0.1, 0.15) is 143 Å². The standard InChI is InChI=1S/C40H57N5O9.C29H43N5O9/c1-28(2)23-32(25-37(48)34(43-29(3)46)24-30-14-16-33(17-15-30)53-27-31-11-8-7-9-12-31)39(50)44-35(26-38(49)54-40(4,5)6)36(47)13-10-19-51-21-22-52-20-18-42-45-41;1-19(2)15-22(17-27(38)24(32-20(3)35)16-21-6-8-23(36)9-7-21)29(41)33-25(18-28(39)40)26(37)5-4-11-42-13-14-43-12-10-31-34-30/h7-9,11-12,14-17,28,32,34-35H,10,13,18-27H2,1-6H3,(H,43,46)(H,44,50);6-9,19,22,24-25,36H,4-5,10-18H2,1-3H3,(H,32,35)(H,33,41)(H,39,40)/t32-,34+,35+;22-,24+,25+/m11/s1. The molecule has 3 rings (SSSR count). The van der Waals surface area contributed by atoms with Crippen LogP contribution >= 0.6 is 0 Å². The number of hydrogen-bond donors (Lipinski definition) is 6. The number of carbonyl (C=O) groups is 10. The van der Waals surface area contributed by atoms with E-state index in [1.54, 1.807) is 32.9 Å². The number of benzene rings is 3. The second-order valence-electron chi connectivity index (χ2n) is 25.0. The Bertz CT molecular complexity index is 3020. The number of aliphatic carboxylic acids is 1. The topological polar surface area (TPSA) is 412 Å². The van der Waals surface area contributed by atoms with Gasteiger partial charge in [0.1, 0.15) is 23.7 Å². The average Bonchev–Trinajstić information content (AvgIpc) is 0.899.